The largest absolute Gasteiger partial charge is 0.417 e. The molecular formula is C13H16F3N3O. The molecule has 0 bridgehead atoms. The van der Waals surface area contributed by atoms with Crippen LogP contribution in [0.15, 0.2) is 18.3 Å². The molecular weight excluding hydrogens is 271 g/mol. The number of nitrogens with zero attached hydrogens (tertiary/aromatic N) is 1. The first-order valence-corrected chi connectivity index (χ1v) is 6.51. The summed E-state index contributed by atoms with van der Waals surface area (Å²) in [6.07, 6.45) is -1.12. The molecule has 0 radical (unpaired) electrons. The minimum absolute atomic E-state index is 0.00945. The van der Waals surface area contributed by atoms with E-state index < -0.39 is 17.6 Å². The van der Waals surface area contributed by atoms with Crippen LogP contribution in [0.1, 0.15) is 35.3 Å². The average molecular weight is 287 g/mol. The zero-order chi connectivity index (χ0) is 14.6. The second-order valence-electron chi connectivity index (χ2n) is 4.78. The summed E-state index contributed by atoms with van der Waals surface area (Å²) in [5.41, 5.74) is -0.845. The van der Waals surface area contributed by atoms with Gasteiger partial charge in [-0.15, -0.1) is 0 Å². The van der Waals surface area contributed by atoms with Gasteiger partial charge in [0.2, 0.25) is 0 Å². The van der Waals surface area contributed by atoms with E-state index in [0.29, 0.717) is 6.20 Å². The second kappa shape index (κ2) is 6.21. The van der Waals surface area contributed by atoms with Gasteiger partial charge in [-0.2, -0.15) is 13.2 Å². The molecule has 1 aliphatic rings. The molecule has 1 aliphatic heterocycles. The maximum absolute atomic E-state index is 12.4. The monoisotopic (exact) mass is 287 g/mol. The minimum atomic E-state index is -4.44. The van der Waals surface area contributed by atoms with Gasteiger partial charge in [-0.3, -0.25) is 9.78 Å². The SMILES string of the molecule is O=C(NC1CCCNCC1)c1ccc(C(F)(F)F)cn1. The van der Waals surface area contributed by atoms with Gasteiger partial charge < -0.3 is 10.6 Å². The molecule has 2 N–H and O–H groups in total. The fourth-order valence-electron chi connectivity index (χ4n) is 2.12. The van der Waals surface area contributed by atoms with Crippen LogP contribution in [-0.2, 0) is 6.18 Å². The molecule has 7 heteroatoms. The number of carbonyl (C=O) groups excluding carboxylic acids is 1. The first-order chi connectivity index (χ1) is 9.47. The van der Waals surface area contributed by atoms with Crippen molar-refractivity contribution in [3.05, 3.63) is 29.6 Å². The molecule has 1 amide bonds. The van der Waals surface area contributed by atoms with Crippen molar-refractivity contribution in [1.29, 1.82) is 0 Å². The quantitative estimate of drug-likeness (QED) is 0.874. The maximum atomic E-state index is 12.4. The summed E-state index contributed by atoms with van der Waals surface area (Å²) in [7, 11) is 0. The number of carbonyl (C=O) groups is 1. The Morgan fingerprint density at radius 2 is 2.10 bits per heavy atom. The Balaban J connectivity index is 1.98. The fraction of sp³-hybridized carbons (Fsp3) is 0.538. The zero-order valence-corrected chi connectivity index (χ0v) is 10.8. The molecule has 0 aliphatic carbocycles. The molecule has 2 rings (SSSR count). The van der Waals surface area contributed by atoms with Crippen molar-refractivity contribution in [2.75, 3.05) is 13.1 Å². The highest BCUT2D eigenvalue weighted by molar-refractivity contribution is 5.92. The number of rotatable bonds is 2. The third-order valence-electron chi connectivity index (χ3n) is 3.23. The summed E-state index contributed by atoms with van der Waals surface area (Å²) in [6.45, 7) is 1.75. The lowest BCUT2D eigenvalue weighted by Gasteiger charge is -2.15. The first kappa shape index (κ1) is 14.8. The summed E-state index contributed by atoms with van der Waals surface area (Å²) in [6, 6.07) is 2.02. The second-order valence-corrected chi connectivity index (χ2v) is 4.78. The molecule has 1 aromatic heterocycles. The number of nitrogens with one attached hydrogen (secondary N) is 2. The first-order valence-electron chi connectivity index (χ1n) is 6.51. The smallest absolute Gasteiger partial charge is 0.348 e. The number of halogens is 3. The van der Waals surface area contributed by atoms with Gasteiger partial charge in [-0.1, -0.05) is 0 Å². The molecule has 110 valence electrons. The highest BCUT2D eigenvalue weighted by Gasteiger charge is 2.31. The average Bonchev–Trinajstić information content (AvgIpc) is 2.66. The van der Waals surface area contributed by atoms with Crippen LogP contribution in [0, 0.1) is 0 Å². The lowest BCUT2D eigenvalue weighted by atomic mass is 10.1. The maximum Gasteiger partial charge on any atom is 0.417 e. The van der Waals surface area contributed by atoms with Crippen molar-refractivity contribution in [2.45, 2.75) is 31.5 Å². The summed E-state index contributed by atoms with van der Waals surface area (Å²) in [4.78, 5) is 15.5. The van der Waals surface area contributed by atoms with Crippen molar-refractivity contribution in [1.82, 2.24) is 15.6 Å². The molecule has 20 heavy (non-hydrogen) atoms. The molecule has 1 atom stereocenters. The number of hydrogen-bond acceptors (Lipinski definition) is 3. The van der Waals surface area contributed by atoms with Gasteiger partial charge in [0.1, 0.15) is 5.69 Å². The number of hydrogen-bond donors (Lipinski definition) is 2. The standard InChI is InChI=1S/C13H16F3N3O/c14-13(15,16)9-3-4-11(18-8-9)12(20)19-10-2-1-6-17-7-5-10/h3-4,8,10,17H,1-2,5-7H2,(H,19,20). The van der Waals surface area contributed by atoms with Gasteiger partial charge in [0.05, 0.1) is 5.56 Å². The Kier molecular flexibility index (Phi) is 4.59. The van der Waals surface area contributed by atoms with E-state index in [1.165, 1.54) is 0 Å². The molecule has 2 heterocycles. The summed E-state index contributed by atoms with van der Waals surface area (Å²) in [5.74, 6) is -0.425. The van der Waals surface area contributed by atoms with Gasteiger partial charge in [0.15, 0.2) is 0 Å². The van der Waals surface area contributed by atoms with Crippen LogP contribution in [0.4, 0.5) is 13.2 Å². The van der Waals surface area contributed by atoms with Crippen molar-refractivity contribution >= 4 is 5.91 Å². The van der Waals surface area contributed by atoms with E-state index in [0.717, 1.165) is 44.5 Å². The van der Waals surface area contributed by atoms with Gasteiger partial charge >= 0.3 is 6.18 Å². The van der Waals surface area contributed by atoms with Gasteiger partial charge in [-0.05, 0) is 44.5 Å². The molecule has 0 aromatic carbocycles. The number of amides is 1. The Bertz CT molecular complexity index is 451. The molecule has 4 nitrogen and oxygen atoms in total. The van der Waals surface area contributed by atoms with Crippen molar-refractivity contribution < 1.29 is 18.0 Å². The van der Waals surface area contributed by atoms with Crippen molar-refractivity contribution in [2.24, 2.45) is 0 Å². The van der Waals surface area contributed by atoms with Gasteiger partial charge in [0.25, 0.3) is 5.91 Å². The van der Waals surface area contributed by atoms with E-state index in [1.54, 1.807) is 0 Å². The van der Waals surface area contributed by atoms with Gasteiger partial charge in [-0.25, -0.2) is 0 Å². The highest BCUT2D eigenvalue weighted by atomic mass is 19.4. The van der Waals surface area contributed by atoms with Gasteiger partial charge in [0, 0.05) is 12.2 Å². The minimum Gasteiger partial charge on any atom is -0.348 e. The van der Waals surface area contributed by atoms with Crippen LogP contribution in [-0.4, -0.2) is 30.0 Å². The van der Waals surface area contributed by atoms with Crippen LogP contribution >= 0.6 is 0 Å². The number of pyridine rings is 1. The van der Waals surface area contributed by atoms with E-state index in [4.69, 9.17) is 0 Å². The molecule has 1 fully saturated rings. The Morgan fingerprint density at radius 1 is 1.30 bits per heavy atom. The fourth-order valence-corrected chi connectivity index (χ4v) is 2.12. The van der Waals surface area contributed by atoms with Crippen LogP contribution in [0.25, 0.3) is 0 Å². The predicted molar refractivity (Wildman–Crippen MR) is 67.2 cm³/mol. The Morgan fingerprint density at radius 3 is 2.75 bits per heavy atom. The van der Waals surface area contributed by atoms with Crippen molar-refractivity contribution in [3.63, 3.8) is 0 Å². The Hall–Kier alpha value is -1.63. The predicted octanol–water partition coefficient (Wildman–Crippen LogP) is 1.97. The lowest BCUT2D eigenvalue weighted by molar-refractivity contribution is -0.137. The Labute approximate surface area is 114 Å². The zero-order valence-electron chi connectivity index (χ0n) is 10.8. The van der Waals surface area contributed by atoms with Crippen LogP contribution in [0.2, 0.25) is 0 Å². The van der Waals surface area contributed by atoms with Crippen LogP contribution in [0.3, 0.4) is 0 Å². The van der Waals surface area contributed by atoms with Crippen LogP contribution < -0.4 is 10.6 Å². The summed E-state index contributed by atoms with van der Waals surface area (Å²) >= 11 is 0. The van der Waals surface area contributed by atoms with E-state index in [2.05, 4.69) is 15.6 Å². The number of alkyl halides is 3. The molecule has 0 saturated carbocycles. The molecule has 1 saturated heterocycles. The third-order valence-corrected chi connectivity index (χ3v) is 3.23. The molecule has 1 aromatic rings. The number of aromatic nitrogens is 1. The van der Waals surface area contributed by atoms with E-state index in [1.807, 2.05) is 0 Å². The summed E-state index contributed by atoms with van der Waals surface area (Å²) in [5, 5.41) is 6.03. The summed E-state index contributed by atoms with van der Waals surface area (Å²) < 4.78 is 37.2. The highest BCUT2D eigenvalue weighted by Crippen LogP contribution is 2.28. The molecule has 1 unspecified atom stereocenters. The topological polar surface area (TPSA) is 54.0 Å². The van der Waals surface area contributed by atoms with Crippen molar-refractivity contribution in [3.8, 4) is 0 Å². The van der Waals surface area contributed by atoms with E-state index >= 15 is 0 Å². The van der Waals surface area contributed by atoms with Crippen LogP contribution in [0.5, 0.6) is 0 Å². The lowest BCUT2D eigenvalue weighted by Crippen LogP contribution is -2.35. The normalized spacial score (nSPS) is 20.2. The third kappa shape index (κ3) is 3.93. The van der Waals surface area contributed by atoms with E-state index in [-0.39, 0.29) is 11.7 Å². The molecule has 0 spiro atoms. The van der Waals surface area contributed by atoms with E-state index in [9.17, 15) is 18.0 Å².